The van der Waals surface area contributed by atoms with Gasteiger partial charge in [0.15, 0.2) is 0 Å². The van der Waals surface area contributed by atoms with Crippen LogP contribution in [0, 0.1) is 28.6 Å². The molecule has 4 atom stereocenters. The molecular weight excluding hydrogens is 262 g/mol. The van der Waals surface area contributed by atoms with Crippen LogP contribution in [-0.2, 0) is 6.42 Å². The molecule has 112 valence electrons. The summed E-state index contributed by atoms with van der Waals surface area (Å²) in [4.78, 5) is 0. The van der Waals surface area contributed by atoms with Crippen molar-refractivity contribution >= 4 is 0 Å². The number of phenolic OH excluding ortho intramolecular Hbond substituents is 1. The topological polar surface area (TPSA) is 64.2 Å². The van der Waals surface area contributed by atoms with Crippen LogP contribution in [0.2, 0.25) is 0 Å². The van der Waals surface area contributed by atoms with Crippen LogP contribution < -0.4 is 0 Å². The van der Waals surface area contributed by atoms with Crippen molar-refractivity contribution in [2.75, 3.05) is 6.61 Å². The zero-order valence-electron chi connectivity index (χ0n) is 12.5. The third kappa shape index (κ3) is 2.32. The van der Waals surface area contributed by atoms with E-state index >= 15 is 0 Å². The van der Waals surface area contributed by atoms with Crippen LogP contribution in [-0.4, -0.2) is 16.8 Å². The van der Waals surface area contributed by atoms with Crippen molar-refractivity contribution < 1.29 is 10.2 Å². The molecule has 0 spiro atoms. The van der Waals surface area contributed by atoms with Gasteiger partial charge in [-0.3, -0.25) is 0 Å². The summed E-state index contributed by atoms with van der Waals surface area (Å²) >= 11 is 0. The number of benzene rings is 1. The van der Waals surface area contributed by atoms with Crippen molar-refractivity contribution in [1.29, 1.82) is 5.26 Å². The van der Waals surface area contributed by atoms with Gasteiger partial charge in [-0.25, -0.2) is 0 Å². The molecule has 2 aliphatic carbocycles. The lowest BCUT2D eigenvalue weighted by atomic mass is 9.54. The minimum atomic E-state index is -0.120. The molecule has 1 saturated carbocycles. The summed E-state index contributed by atoms with van der Waals surface area (Å²) in [5.41, 5.74) is 2.50. The molecule has 1 aromatic rings. The Bertz CT molecular complexity index is 577. The van der Waals surface area contributed by atoms with E-state index in [4.69, 9.17) is 0 Å². The maximum absolute atomic E-state index is 9.83. The second-order valence-electron chi connectivity index (χ2n) is 7.01. The first-order valence-corrected chi connectivity index (χ1v) is 7.88. The highest BCUT2D eigenvalue weighted by atomic mass is 16.3. The Morgan fingerprint density at radius 2 is 2.19 bits per heavy atom. The van der Waals surface area contributed by atoms with E-state index in [1.54, 1.807) is 6.07 Å². The summed E-state index contributed by atoms with van der Waals surface area (Å²) in [6.07, 6.45) is 4.60. The molecule has 0 aliphatic heterocycles. The van der Waals surface area contributed by atoms with Crippen molar-refractivity contribution in [1.82, 2.24) is 0 Å². The van der Waals surface area contributed by atoms with E-state index in [1.165, 1.54) is 11.1 Å². The molecule has 0 saturated heterocycles. The molecule has 0 heterocycles. The Morgan fingerprint density at radius 3 is 2.90 bits per heavy atom. The Labute approximate surface area is 126 Å². The van der Waals surface area contributed by atoms with Gasteiger partial charge in [-0.05, 0) is 72.1 Å². The highest BCUT2D eigenvalue weighted by Crippen LogP contribution is 2.55. The van der Waals surface area contributed by atoms with Gasteiger partial charge in [0.1, 0.15) is 5.75 Å². The number of rotatable bonds is 2. The SMILES string of the molecule is C[C@]1(CO)CC[C@@H]2c3ccc(O)cc3CC[C@H]2[C@@H]1CC#N. The van der Waals surface area contributed by atoms with E-state index in [2.05, 4.69) is 19.1 Å². The van der Waals surface area contributed by atoms with Crippen LogP contribution in [0.4, 0.5) is 0 Å². The number of fused-ring (bicyclic) bond motifs is 3. The Hall–Kier alpha value is -1.53. The molecule has 3 heteroatoms. The first-order chi connectivity index (χ1) is 10.1. The number of nitriles is 1. The highest BCUT2D eigenvalue weighted by Gasteiger charge is 2.47. The molecule has 0 amide bonds. The largest absolute Gasteiger partial charge is 0.508 e. The molecule has 3 nitrogen and oxygen atoms in total. The molecule has 1 fully saturated rings. The molecule has 2 N–H and O–H groups in total. The van der Waals surface area contributed by atoms with Crippen molar-refractivity contribution in [3.05, 3.63) is 29.3 Å². The maximum Gasteiger partial charge on any atom is 0.115 e. The van der Waals surface area contributed by atoms with Gasteiger partial charge in [0.2, 0.25) is 0 Å². The van der Waals surface area contributed by atoms with E-state index in [-0.39, 0.29) is 17.9 Å². The predicted octanol–water partition coefficient (Wildman–Crippen LogP) is 3.36. The molecule has 3 rings (SSSR count). The number of hydrogen-bond donors (Lipinski definition) is 2. The van der Waals surface area contributed by atoms with Crippen LogP contribution in [0.3, 0.4) is 0 Å². The van der Waals surface area contributed by atoms with Gasteiger partial charge in [0.25, 0.3) is 0 Å². The number of aryl methyl sites for hydroxylation is 1. The Kier molecular flexibility index (Phi) is 3.67. The smallest absolute Gasteiger partial charge is 0.115 e. The van der Waals surface area contributed by atoms with Crippen molar-refractivity contribution in [2.24, 2.45) is 17.3 Å². The van der Waals surface area contributed by atoms with E-state index in [0.717, 1.165) is 25.7 Å². The number of aliphatic hydroxyl groups is 1. The normalized spacial score (nSPS) is 34.6. The fourth-order valence-electron chi connectivity index (χ4n) is 4.66. The number of phenols is 1. The van der Waals surface area contributed by atoms with Gasteiger partial charge in [-0.2, -0.15) is 5.26 Å². The van der Waals surface area contributed by atoms with E-state index in [9.17, 15) is 15.5 Å². The van der Waals surface area contributed by atoms with E-state index < -0.39 is 0 Å². The van der Waals surface area contributed by atoms with Crippen LogP contribution in [0.5, 0.6) is 5.75 Å². The third-order valence-corrected chi connectivity index (χ3v) is 5.90. The monoisotopic (exact) mass is 285 g/mol. The number of aromatic hydroxyl groups is 1. The molecule has 21 heavy (non-hydrogen) atoms. The lowest BCUT2D eigenvalue weighted by molar-refractivity contribution is -0.0106. The number of aliphatic hydroxyl groups excluding tert-OH is 1. The van der Waals surface area contributed by atoms with Gasteiger partial charge in [0, 0.05) is 13.0 Å². The van der Waals surface area contributed by atoms with Crippen molar-refractivity contribution in [2.45, 2.75) is 44.9 Å². The summed E-state index contributed by atoms with van der Waals surface area (Å²) in [6, 6.07) is 8.08. The molecule has 2 aliphatic rings. The van der Waals surface area contributed by atoms with Crippen LogP contribution in [0.25, 0.3) is 0 Å². The van der Waals surface area contributed by atoms with Crippen molar-refractivity contribution in [3.63, 3.8) is 0 Å². The Balaban J connectivity index is 1.96. The highest BCUT2D eigenvalue weighted by molar-refractivity contribution is 5.40. The second-order valence-corrected chi connectivity index (χ2v) is 7.01. The van der Waals surface area contributed by atoms with Crippen LogP contribution in [0.15, 0.2) is 18.2 Å². The quantitative estimate of drug-likeness (QED) is 0.875. The van der Waals surface area contributed by atoms with Crippen LogP contribution >= 0.6 is 0 Å². The van der Waals surface area contributed by atoms with E-state index in [1.807, 2.05) is 6.07 Å². The lowest BCUT2D eigenvalue weighted by Crippen LogP contribution is -2.44. The fourth-order valence-corrected chi connectivity index (χ4v) is 4.66. The van der Waals surface area contributed by atoms with Gasteiger partial charge in [-0.1, -0.05) is 13.0 Å². The third-order valence-electron chi connectivity index (χ3n) is 5.90. The standard InChI is InChI=1S/C18H23NO2/c1-18(11-20)8-6-15-14-5-3-13(21)10-12(14)2-4-16(15)17(18)7-9-19/h3,5,10,15-17,20-21H,2,4,6-8,11H2,1H3/t15-,16-,17+,18-/m1/s1. The summed E-state index contributed by atoms with van der Waals surface area (Å²) in [7, 11) is 0. The average Bonchev–Trinajstić information content (AvgIpc) is 2.49. The summed E-state index contributed by atoms with van der Waals surface area (Å²) in [6.45, 7) is 2.31. The molecule has 0 aromatic heterocycles. The maximum atomic E-state index is 9.83. The zero-order valence-corrected chi connectivity index (χ0v) is 12.5. The number of hydrogen-bond acceptors (Lipinski definition) is 3. The van der Waals surface area contributed by atoms with Gasteiger partial charge >= 0.3 is 0 Å². The van der Waals surface area contributed by atoms with E-state index in [0.29, 0.717) is 24.0 Å². The minimum Gasteiger partial charge on any atom is -0.508 e. The zero-order chi connectivity index (χ0) is 15.0. The Morgan fingerprint density at radius 1 is 1.38 bits per heavy atom. The van der Waals surface area contributed by atoms with Gasteiger partial charge in [-0.15, -0.1) is 0 Å². The minimum absolute atomic E-state index is 0.120. The molecule has 1 aromatic carbocycles. The van der Waals surface area contributed by atoms with Crippen LogP contribution in [0.1, 0.15) is 49.7 Å². The molecular formula is C18H23NO2. The summed E-state index contributed by atoms with van der Waals surface area (Å²) in [5.74, 6) is 1.57. The summed E-state index contributed by atoms with van der Waals surface area (Å²) in [5, 5.41) is 28.7. The van der Waals surface area contributed by atoms with Crippen molar-refractivity contribution in [3.8, 4) is 11.8 Å². The average molecular weight is 285 g/mol. The van der Waals surface area contributed by atoms with Gasteiger partial charge in [0.05, 0.1) is 6.07 Å². The summed E-state index contributed by atoms with van der Waals surface area (Å²) < 4.78 is 0. The predicted molar refractivity (Wildman–Crippen MR) is 80.8 cm³/mol. The molecule has 0 bridgehead atoms. The molecule has 0 radical (unpaired) electrons. The second kappa shape index (κ2) is 5.35. The first-order valence-electron chi connectivity index (χ1n) is 7.88. The number of nitrogens with zero attached hydrogens (tertiary/aromatic N) is 1. The lowest BCUT2D eigenvalue weighted by Gasteiger charge is -2.50. The fraction of sp³-hybridized carbons (Fsp3) is 0.611. The van der Waals surface area contributed by atoms with Gasteiger partial charge < -0.3 is 10.2 Å². The first kappa shape index (κ1) is 14.4. The molecule has 0 unspecified atom stereocenters.